The summed E-state index contributed by atoms with van der Waals surface area (Å²) in [4.78, 5) is 9.11. The Bertz CT molecular complexity index is 585. The van der Waals surface area contributed by atoms with E-state index in [0.717, 1.165) is 23.0 Å². The van der Waals surface area contributed by atoms with Crippen LogP contribution in [0.15, 0.2) is 41.1 Å². The minimum absolute atomic E-state index is 0.201. The summed E-state index contributed by atoms with van der Waals surface area (Å²) in [5.41, 5.74) is 3.66. The van der Waals surface area contributed by atoms with Gasteiger partial charge in [-0.3, -0.25) is 9.97 Å². The predicted octanol–water partition coefficient (Wildman–Crippen LogP) is 3.23. The van der Waals surface area contributed by atoms with Gasteiger partial charge in [0.25, 0.3) is 0 Å². The Morgan fingerprint density at radius 3 is 2.84 bits per heavy atom. The highest BCUT2D eigenvalue weighted by Crippen LogP contribution is 2.41. The van der Waals surface area contributed by atoms with Crippen LogP contribution in [0.3, 0.4) is 0 Å². The molecule has 3 nitrogen and oxygen atoms in total. The number of likely N-dealkylation sites (N-methyl/N-ethyl adjacent to an activating group) is 1. The largest absolute Gasteiger partial charge is 0.311 e. The first-order valence-electron chi connectivity index (χ1n) is 6.52. The van der Waals surface area contributed by atoms with E-state index in [9.17, 15) is 0 Å². The molecule has 0 aliphatic heterocycles. The van der Waals surface area contributed by atoms with Gasteiger partial charge in [0.05, 0.1) is 11.7 Å². The van der Waals surface area contributed by atoms with Crippen molar-refractivity contribution in [1.29, 1.82) is 0 Å². The number of aryl methyl sites for hydroxylation is 1. The molecule has 2 unspecified atom stereocenters. The first-order valence-corrected chi connectivity index (χ1v) is 7.32. The van der Waals surface area contributed by atoms with E-state index < -0.39 is 0 Å². The third-order valence-corrected chi connectivity index (χ3v) is 4.47. The topological polar surface area (TPSA) is 37.8 Å². The molecule has 3 rings (SSSR count). The standard InChI is InChI=1S/C15H16BrN3/c1-17-14(15-12(16)5-3-9-19-15)11-7-6-10-4-2-8-18-13(10)11/h2-5,8-9,11,14,17H,6-7H2,1H3. The smallest absolute Gasteiger partial charge is 0.0721 e. The van der Waals surface area contributed by atoms with Crippen LogP contribution in [0.25, 0.3) is 0 Å². The number of aromatic nitrogens is 2. The Kier molecular flexibility index (Phi) is 3.62. The van der Waals surface area contributed by atoms with Crippen LogP contribution in [0, 0.1) is 0 Å². The van der Waals surface area contributed by atoms with E-state index in [1.807, 2.05) is 37.6 Å². The summed E-state index contributed by atoms with van der Waals surface area (Å²) in [5.74, 6) is 0.396. The van der Waals surface area contributed by atoms with E-state index in [-0.39, 0.29) is 6.04 Å². The van der Waals surface area contributed by atoms with Crippen molar-refractivity contribution in [2.45, 2.75) is 24.8 Å². The second-order valence-corrected chi connectivity index (χ2v) is 5.68. The molecule has 0 aromatic carbocycles. The molecular formula is C15H16BrN3. The van der Waals surface area contributed by atoms with Crippen LogP contribution in [0.2, 0.25) is 0 Å². The van der Waals surface area contributed by atoms with Gasteiger partial charge in [0.1, 0.15) is 0 Å². The molecule has 19 heavy (non-hydrogen) atoms. The van der Waals surface area contributed by atoms with Gasteiger partial charge < -0.3 is 5.32 Å². The summed E-state index contributed by atoms with van der Waals surface area (Å²) in [5, 5.41) is 3.41. The summed E-state index contributed by atoms with van der Waals surface area (Å²) in [6.45, 7) is 0. The van der Waals surface area contributed by atoms with Crippen molar-refractivity contribution in [2.75, 3.05) is 7.05 Å². The molecule has 0 bridgehead atoms. The van der Waals surface area contributed by atoms with E-state index in [4.69, 9.17) is 0 Å². The normalized spacial score (nSPS) is 19.2. The molecule has 0 spiro atoms. The quantitative estimate of drug-likeness (QED) is 0.944. The van der Waals surface area contributed by atoms with Gasteiger partial charge in [-0.15, -0.1) is 0 Å². The fraction of sp³-hybridized carbons (Fsp3) is 0.333. The number of halogens is 1. The zero-order chi connectivity index (χ0) is 13.2. The number of nitrogens with one attached hydrogen (secondary N) is 1. The van der Waals surface area contributed by atoms with Gasteiger partial charge in [0.15, 0.2) is 0 Å². The van der Waals surface area contributed by atoms with Crippen LogP contribution in [0.4, 0.5) is 0 Å². The fourth-order valence-corrected chi connectivity index (χ4v) is 3.43. The summed E-state index contributed by atoms with van der Waals surface area (Å²) in [6.07, 6.45) is 5.97. The maximum Gasteiger partial charge on any atom is 0.0721 e. The molecule has 1 aliphatic carbocycles. The molecule has 2 aromatic heterocycles. The number of fused-ring (bicyclic) bond motifs is 1. The van der Waals surface area contributed by atoms with Gasteiger partial charge in [0.2, 0.25) is 0 Å². The highest BCUT2D eigenvalue weighted by atomic mass is 79.9. The van der Waals surface area contributed by atoms with Crippen molar-refractivity contribution in [3.63, 3.8) is 0 Å². The molecule has 0 radical (unpaired) electrons. The molecular weight excluding hydrogens is 302 g/mol. The molecule has 1 aliphatic rings. The maximum absolute atomic E-state index is 4.58. The van der Waals surface area contributed by atoms with E-state index in [2.05, 4.69) is 37.3 Å². The van der Waals surface area contributed by atoms with Crippen molar-refractivity contribution in [3.8, 4) is 0 Å². The van der Waals surface area contributed by atoms with Crippen molar-refractivity contribution in [3.05, 3.63) is 58.1 Å². The molecule has 2 atom stereocenters. The lowest BCUT2D eigenvalue weighted by molar-refractivity contribution is 0.458. The van der Waals surface area contributed by atoms with Crippen LogP contribution in [0.1, 0.15) is 35.3 Å². The third-order valence-electron chi connectivity index (χ3n) is 3.80. The summed E-state index contributed by atoms with van der Waals surface area (Å²) >= 11 is 3.60. The lowest BCUT2D eigenvalue weighted by Crippen LogP contribution is -2.24. The molecule has 98 valence electrons. The van der Waals surface area contributed by atoms with Crippen molar-refractivity contribution < 1.29 is 0 Å². The minimum Gasteiger partial charge on any atom is -0.311 e. The molecule has 0 fully saturated rings. The Morgan fingerprint density at radius 1 is 1.26 bits per heavy atom. The highest BCUT2D eigenvalue weighted by Gasteiger charge is 2.32. The summed E-state index contributed by atoms with van der Waals surface area (Å²) in [7, 11) is 1.99. The SMILES string of the molecule is CNC(c1ncccc1Br)C1CCc2cccnc21. The van der Waals surface area contributed by atoms with Gasteiger partial charge in [-0.05, 0) is 59.6 Å². The maximum atomic E-state index is 4.58. The fourth-order valence-electron chi connectivity index (χ4n) is 2.92. The Balaban J connectivity index is 1.99. The van der Waals surface area contributed by atoms with Gasteiger partial charge >= 0.3 is 0 Å². The second kappa shape index (κ2) is 5.39. The number of nitrogens with zero attached hydrogens (tertiary/aromatic N) is 2. The number of rotatable bonds is 3. The highest BCUT2D eigenvalue weighted by molar-refractivity contribution is 9.10. The second-order valence-electron chi connectivity index (χ2n) is 4.83. The lowest BCUT2D eigenvalue weighted by atomic mass is 9.94. The monoisotopic (exact) mass is 317 g/mol. The van der Waals surface area contributed by atoms with E-state index in [1.165, 1.54) is 11.3 Å². The van der Waals surface area contributed by atoms with Crippen molar-refractivity contribution in [2.24, 2.45) is 0 Å². The van der Waals surface area contributed by atoms with Crippen LogP contribution in [-0.2, 0) is 6.42 Å². The van der Waals surface area contributed by atoms with Crippen molar-refractivity contribution in [1.82, 2.24) is 15.3 Å². The lowest BCUT2D eigenvalue weighted by Gasteiger charge is -2.23. The molecule has 0 saturated heterocycles. The van der Waals surface area contributed by atoms with Gasteiger partial charge in [-0.2, -0.15) is 0 Å². The zero-order valence-electron chi connectivity index (χ0n) is 10.8. The molecule has 0 saturated carbocycles. The summed E-state index contributed by atoms with van der Waals surface area (Å²) < 4.78 is 1.05. The Morgan fingerprint density at radius 2 is 2.05 bits per heavy atom. The first-order chi connectivity index (χ1) is 9.31. The summed E-state index contributed by atoms with van der Waals surface area (Å²) in [6, 6.07) is 8.39. The number of pyridine rings is 2. The van der Waals surface area contributed by atoms with Gasteiger partial charge in [-0.25, -0.2) is 0 Å². The number of hydrogen-bond acceptors (Lipinski definition) is 3. The zero-order valence-corrected chi connectivity index (χ0v) is 12.4. The van der Waals surface area contributed by atoms with Crippen LogP contribution >= 0.6 is 15.9 Å². The Labute approximate surface area is 121 Å². The van der Waals surface area contributed by atoms with E-state index in [0.29, 0.717) is 5.92 Å². The molecule has 4 heteroatoms. The molecule has 1 N–H and O–H groups in total. The minimum atomic E-state index is 0.201. The van der Waals surface area contributed by atoms with Crippen molar-refractivity contribution >= 4 is 15.9 Å². The van der Waals surface area contributed by atoms with Crippen LogP contribution in [-0.4, -0.2) is 17.0 Å². The average molecular weight is 318 g/mol. The molecule has 2 heterocycles. The average Bonchev–Trinajstić information content (AvgIpc) is 2.86. The van der Waals surface area contributed by atoms with Gasteiger partial charge in [0, 0.05) is 28.5 Å². The van der Waals surface area contributed by atoms with Crippen LogP contribution < -0.4 is 5.32 Å². The molecule has 0 amide bonds. The third kappa shape index (κ3) is 2.30. The van der Waals surface area contributed by atoms with E-state index >= 15 is 0 Å². The Hall–Kier alpha value is -1.26. The van der Waals surface area contributed by atoms with E-state index in [1.54, 1.807) is 0 Å². The van der Waals surface area contributed by atoms with Crippen LogP contribution in [0.5, 0.6) is 0 Å². The molecule has 2 aromatic rings. The predicted molar refractivity (Wildman–Crippen MR) is 79.0 cm³/mol. The number of hydrogen-bond donors (Lipinski definition) is 1. The van der Waals surface area contributed by atoms with Gasteiger partial charge in [-0.1, -0.05) is 6.07 Å². The first kappa shape index (κ1) is 12.8.